The van der Waals surface area contributed by atoms with Gasteiger partial charge in [-0.25, -0.2) is 9.78 Å². The van der Waals surface area contributed by atoms with Gasteiger partial charge in [0.1, 0.15) is 5.03 Å². The number of anilines is 1. The molecule has 1 aromatic heterocycles. The lowest BCUT2D eigenvalue weighted by molar-refractivity contribution is -0.113. The first-order valence-electron chi connectivity index (χ1n) is 9.52. The summed E-state index contributed by atoms with van der Waals surface area (Å²) in [5.74, 6) is 0.355. The number of fused-ring (bicyclic) bond motifs is 2. The second-order valence-electron chi connectivity index (χ2n) is 6.90. The zero-order valence-corrected chi connectivity index (χ0v) is 18.4. The zero-order chi connectivity index (χ0) is 22.8. The summed E-state index contributed by atoms with van der Waals surface area (Å²) in [5.41, 5.74) is 1.66. The molecule has 0 saturated carbocycles. The van der Waals surface area contributed by atoms with E-state index in [1.165, 1.54) is 38.1 Å². The van der Waals surface area contributed by atoms with Crippen LogP contribution in [0.1, 0.15) is 15.9 Å². The Hall–Kier alpha value is -3.66. The van der Waals surface area contributed by atoms with Gasteiger partial charge < -0.3 is 29.4 Å². The molecule has 1 amide bonds. The summed E-state index contributed by atoms with van der Waals surface area (Å²) < 4.78 is 21.2. The lowest BCUT2D eigenvalue weighted by Crippen LogP contribution is -2.17. The molecular formula is C22H20N2O7S. The van der Waals surface area contributed by atoms with Crippen molar-refractivity contribution in [3.05, 3.63) is 41.5 Å². The van der Waals surface area contributed by atoms with Crippen molar-refractivity contribution < 1.29 is 33.6 Å². The highest BCUT2D eigenvalue weighted by molar-refractivity contribution is 8.00. The van der Waals surface area contributed by atoms with Gasteiger partial charge in [0.25, 0.3) is 0 Å². The molecule has 0 saturated heterocycles. The maximum Gasteiger partial charge on any atom is 0.337 e. The number of carbonyl (C=O) groups is 2. The number of aryl methyl sites for hydroxylation is 1. The average molecular weight is 456 g/mol. The van der Waals surface area contributed by atoms with Crippen LogP contribution in [-0.4, -0.2) is 48.7 Å². The van der Waals surface area contributed by atoms with Gasteiger partial charge >= 0.3 is 5.97 Å². The minimum atomic E-state index is -1.19. The number of rotatable bonds is 7. The molecule has 0 unspecified atom stereocenters. The van der Waals surface area contributed by atoms with Gasteiger partial charge in [-0.1, -0.05) is 11.8 Å². The largest absolute Gasteiger partial charge is 0.493 e. The molecule has 0 fully saturated rings. The second kappa shape index (κ2) is 8.83. The van der Waals surface area contributed by atoms with Crippen LogP contribution in [0.5, 0.6) is 23.0 Å². The molecule has 0 bridgehead atoms. The van der Waals surface area contributed by atoms with Crippen LogP contribution < -0.4 is 24.3 Å². The lowest BCUT2D eigenvalue weighted by atomic mass is 10.1. The number of nitrogens with zero attached hydrogens (tertiary/aromatic N) is 1. The summed E-state index contributed by atoms with van der Waals surface area (Å²) in [6, 6.07) is 8.39. The van der Waals surface area contributed by atoms with Crippen LogP contribution >= 0.6 is 11.8 Å². The van der Waals surface area contributed by atoms with E-state index in [-0.39, 0.29) is 35.5 Å². The summed E-state index contributed by atoms with van der Waals surface area (Å²) in [6.07, 6.45) is 0. The first kappa shape index (κ1) is 21.6. The molecule has 2 aromatic carbocycles. The number of thioether (sulfide) groups is 1. The molecule has 4 rings (SSSR count). The van der Waals surface area contributed by atoms with Crippen molar-refractivity contribution in [2.24, 2.45) is 0 Å². The van der Waals surface area contributed by atoms with Crippen molar-refractivity contribution in [3.8, 4) is 23.0 Å². The Morgan fingerprint density at radius 2 is 1.78 bits per heavy atom. The molecule has 9 nitrogen and oxygen atoms in total. The van der Waals surface area contributed by atoms with E-state index in [1.54, 1.807) is 0 Å². The van der Waals surface area contributed by atoms with Crippen LogP contribution in [0, 0.1) is 6.92 Å². The number of aromatic carboxylic acids is 1. The summed E-state index contributed by atoms with van der Waals surface area (Å²) in [5, 5.41) is 13.7. The van der Waals surface area contributed by atoms with Gasteiger partial charge in [0.05, 0.1) is 36.7 Å². The highest BCUT2D eigenvalue weighted by Gasteiger charge is 2.19. The van der Waals surface area contributed by atoms with E-state index in [1.807, 2.05) is 25.1 Å². The fraction of sp³-hybridized carbons (Fsp3) is 0.227. The van der Waals surface area contributed by atoms with Crippen molar-refractivity contribution in [1.29, 1.82) is 0 Å². The molecule has 166 valence electrons. The van der Waals surface area contributed by atoms with E-state index in [4.69, 9.17) is 18.9 Å². The van der Waals surface area contributed by atoms with Crippen molar-refractivity contribution in [1.82, 2.24) is 4.98 Å². The van der Waals surface area contributed by atoms with E-state index in [0.29, 0.717) is 22.3 Å². The Morgan fingerprint density at radius 1 is 1.09 bits per heavy atom. The van der Waals surface area contributed by atoms with Crippen molar-refractivity contribution in [3.63, 3.8) is 0 Å². The maximum absolute atomic E-state index is 12.6. The molecule has 10 heteroatoms. The predicted octanol–water partition coefficient (Wildman–Crippen LogP) is 3.72. The Kier molecular flexibility index (Phi) is 5.95. The number of aromatic nitrogens is 1. The summed E-state index contributed by atoms with van der Waals surface area (Å²) in [4.78, 5) is 28.8. The SMILES string of the molecule is COc1cc(NC(=O)CSc2nc3cc4c(cc3cc2C)OCO4)c(C(=O)O)cc1OC. The Labute approximate surface area is 187 Å². The number of pyridine rings is 1. The third-order valence-corrected chi connectivity index (χ3v) is 5.91. The molecule has 1 aliphatic rings. The van der Waals surface area contributed by atoms with E-state index >= 15 is 0 Å². The number of carbonyl (C=O) groups excluding carboxylic acids is 1. The van der Waals surface area contributed by atoms with Crippen LogP contribution in [-0.2, 0) is 4.79 Å². The van der Waals surface area contributed by atoms with E-state index < -0.39 is 5.97 Å². The van der Waals surface area contributed by atoms with Gasteiger partial charge in [0.15, 0.2) is 23.0 Å². The number of amides is 1. The van der Waals surface area contributed by atoms with Gasteiger partial charge in [-0.3, -0.25) is 4.79 Å². The average Bonchev–Trinajstić information content (AvgIpc) is 3.22. The standard InChI is InChI=1S/C22H20N2O7S/c1-11-4-12-5-18-19(31-10-30-18)7-14(12)24-21(11)32-9-20(25)23-15-8-17(29-3)16(28-2)6-13(15)22(26)27/h4-8H,9-10H2,1-3H3,(H,23,25)(H,26,27). The van der Waals surface area contributed by atoms with Gasteiger partial charge in [-0.15, -0.1) is 0 Å². The second-order valence-corrected chi connectivity index (χ2v) is 7.87. The van der Waals surface area contributed by atoms with Crippen LogP contribution in [0.3, 0.4) is 0 Å². The first-order chi connectivity index (χ1) is 15.4. The summed E-state index contributed by atoms with van der Waals surface area (Å²) >= 11 is 1.26. The third-order valence-electron chi connectivity index (χ3n) is 4.82. The Balaban J connectivity index is 1.52. The van der Waals surface area contributed by atoms with Gasteiger partial charge in [-0.05, 0) is 24.6 Å². The molecule has 0 radical (unpaired) electrons. The van der Waals surface area contributed by atoms with Crippen molar-refractivity contribution in [2.75, 3.05) is 32.1 Å². The van der Waals surface area contributed by atoms with Crippen LogP contribution in [0.15, 0.2) is 35.4 Å². The van der Waals surface area contributed by atoms with Crippen LogP contribution in [0.2, 0.25) is 0 Å². The molecule has 0 spiro atoms. The van der Waals surface area contributed by atoms with Crippen LogP contribution in [0.4, 0.5) is 5.69 Å². The van der Waals surface area contributed by atoms with Gasteiger partial charge in [0.2, 0.25) is 12.7 Å². The molecule has 2 heterocycles. The number of benzene rings is 2. The predicted molar refractivity (Wildman–Crippen MR) is 118 cm³/mol. The minimum absolute atomic E-state index is 0.0390. The quantitative estimate of drug-likeness (QED) is 0.513. The number of ether oxygens (including phenoxy) is 4. The van der Waals surface area contributed by atoms with E-state index in [9.17, 15) is 14.7 Å². The smallest absolute Gasteiger partial charge is 0.337 e. The van der Waals surface area contributed by atoms with Crippen LogP contribution in [0.25, 0.3) is 10.9 Å². The molecule has 0 aliphatic carbocycles. The number of nitrogens with one attached hydrogen (secondary N) is 1. The van der Waals surface area contributed by atoms with E-state index in [0.717, 1.165) is 16.5 Å². The van der Waals surface area contributed by atoms with Gasteiger partial charge in [0, 0.05) is 23.6 Å². The third kappa shape index (κ3) is 4.22. The Bertz CT molecular complexity index is 1230. The first-order valence-corrected chi connectivity index (χ1v) is 10.5. The van der Waals surface area contributed by atoms with Crippen molar-refractivity contribution in [2.45, 2.75) is 11.9 Å². The molecular weight excluding hydrogens is 436 g/mol. The zero-order valence-electron chi connectivity index (χ0n) is 17.6. The topological polar surface area (TPSA) is 116 Å². The molecule has 1 aliphatic heterocycles. The number of hydrogen-bond acceptors (Lipinski definition) is 8. The van der Waals surface area contributed by atoms with Gasteiger partial charge in [-0.2, -0.15) is 0 Å². The fourth-order valence-corrected chi connectivity index (χ4v) is 4.07. The fourth-order valence-electron chi connectivity index (χ4n) is 3.28. The number of methoxy groups -OCH3 is 2. The maximum atomic E-state index is 12.6. The minimum Gasteiger partial charge on any atom is -0.493 e. The Morgan fingerprint density at radius 3 is 2.47 bits per heavy atom. The molecule has 3 aromatic rings. The molecule has 2 N–H and O–H groups in total. The highest BCUT2D eigenvalue weighted by Crippen LogP contribution is 2.37. The lowest BCUT2D eigenvalue weighted by Gasteiger charge is -2.14. The monoisotopic (exact) mass is 456 g/mol. The normalized spacial score (nSPS) is 12.0. The summed E-state index contributed by atoms with van der Waals surface area (Å²) in [7, 11) is 2.84. The molecule has 32 heavy (non-hydrogen) atoms. The number of hydrogen-bond donors (Lipinski definition) is 2. The number of carboxylic acid groups (broad SMARTS) is 1. The number of carboxylic acids is 1. The summed E-state index contributed by atoms with van der Waals surface area (Å²) in [6.45, 7) is 2.09. The molecule has 0 atom stereocenters. The van der Waals surface area contributed by atoms with E-state index in [2.05, 4.69) is 10.3 Å². The van der Waals surface area contributed by atoms with Crippen molar-refractivity contribution >= 4 is 40.2 Å². The highest BCUT2D eigenvalue weighted by atomic mass is 32.2.